The molecule has 1 aromatic rings. The molecule has 18 heavy (non-hydrogen) atoms. The van der Waals surface area contributed by atoms with Crippen molar-refractivity contribution in [2.45, 2.75) is 32.7 Å². The van der Waals surface area contributed by atoms with Crippen molar-refractivity contribution in [1.29, 1.82) is 0 Å². The van der Waals surface area contributed by atoms with Gasteiger partial charge in [0.25, 0.3) is 0 Å². The minimum atomic E-state index is 0.459. The minimum absolute atomic E-state index is 0.459. The van der Waals surface area contributed by atoms with E-state index in [2.05, 4.69) is 34.0 Å². The minimum Gasteiger partial charge on any atom is -0.353 e. The normalized spacial score (nSPS) is 19.4. The summed E-state index contributed by atoms with van der Waals surface area (Å²) in [5.41, 5.74) is 0. The predicted octanol–water partition coefficient (Wildman–Crippen LogP) is 2.34. The molecule has 100 valence electrons. The Morgan fingerprint density at radius 2 is 2.33 bits per heavy atom. The van der Waals surface area contributed by atoms with Crippen molar-refractivity contribution in [2.75, 3.05) is 24.5 Å². The van der Waals surface area contributed by atoms with Gasteiger partial charge in [0.05, 0.1) is 12.4 Å². The fourth-order valence-corrected chi connectivity index (χ4v) is 2.51. The first kappa shape index (κ1) is 13.6. The third-order valence-electron chi connectivity index (χ3n) is 3.11. The van der Waals surface area contributed by atoms with Crippen molar-refractivity contribution in [3.8, 4) is 0 Å². The summed E-state index contributed by atoms with van der Waals surface area (Å²) in [5, 5.41) is 3.98. The Balaban J connectivity index is 2.08. The van der Waals surface area contributed by atoms with Crippen LogP contribution in [-0.4, -0.2) is 35.6 Å². The standard InChI is InChI=1S/C13H21ClN4/c1-10(2)8-18(9-11-4-3-5-16-11)13-7-15-6-12(14)17-13/h6-7,10-11,16H,3-5,8-9H2,1-2H3. The molecule has 0 amide bonds. The molecule has 1 fully saturated rings. The Labute approximate surface area is 114 Å². The molecule has 0 aliphatic carbocycles. The first-order chi connectivity index (χ1) is 8.65. The fraction of sp³-hybridized carbons (Fsp3) is 0.692. The van der Waals surface area contributed by atoms with Gasteiger partial charge >= 0.3 is 0 Å². The number of nitrogens with one attached hydrogen (secondary N) is 1. The van der Waals surface area contributed by atoms with Crippen LogP contribution >= 0.6 is 11.6 Å². The van der Waals surface area contributed by atoms with Crippen molar-refractivity contribution < 1.29 is 0 Å². The van der Waals surface area contributed by atoms with Crippen LogP contribution in [0.3, 0.4) is 0 Å². The van der Waals surface area contributed by atoms with E-state index in [4.69, 9.17) is 11.6 Å². The maximum atomic E-state index is 5.93. The monoisotopic (exact) mass is 268 g/mol. The number of halogens is 1. The molecule has 0 radical (unpaired) electrons. The molecule has 1 unspecified atom stereocenters. The van der Waals surface area contributed by atoms with E-state index in [1.54, 1.807) is 12.4 Å². The zero-order valence-electron chi connectivity index (χ0n) is 11.1. The van der Waals surface area contributed by atoms with Crippen LogP contribution in [0, 0.1) is 5.92 Å². The topological polar surface area (TPSA) is 41.0 Å². The summed E-state index contributed by atoms with van der Waals surface area (Å²) in [6, 6.07) is 0.560. The average molecular weight is 269 g/mol. The highest BCUT2D eigenvalue weighted by atomic mass is 35.5. The molecule has 1 aliphatic heterocycles. The zero-order valence-corrected chi connectivity index (χ0v) is 11.8. The van der Waals surface area contributed by atoms with Crippen molar-refractivity contribution in [3.05, 3.63) is 17.5 Å². The molecule has 1 N–H and O–H groups in total. The third kappa shape index (κ3) is 3.82. The Bertz CT molecular complexity index is 377. The maximum absolute atomic E-state index is 5.93. The lowest BCUT2D eigenvalue weighted by molar-refractivity contribution is 0.537. The van der Waals surface area contributed by atoms with Gasteiger partial charge in [-0.1, -0.05) is 25.4 Å². The fourth-order valence-electron chi connectivity index (χ4n) is 2.37. The van der Waals surface area contributed by atoms with E-state index in [9.17, 15) is 0 Å². The molecule has 5 heteroatoms. The van der Waals surface area contributed by atoms with Gasteiger partial charge in [-0.05, 0) is 25.3 Å². The first-order valence-corrected chi connectivity index (χ1v) is 6.99. The van der Waals surface area contributed by atoms with E-state index in [0.29, 0.717) is 17.1 Å². The summed E-state index contributed by atoms with van der Waals surface area (Å²) in [7, 11) is 0. The molecule has 2 heterocycles. The second-order valence-corrected chi connectivity index (χ2v) is 5.68. The van der Waals surface area contributed by atoms with Gasteiger partial charge in [-0.3, -0.25) is 4.98 Å². The molecular formula is C13H21ClN4. The predicted molar refractivity (Wildman–Crippen MR) is 75.1 cm³/mol. The summed E-state index contributed by atoms with van der Waals surface area (Å²) in [6.45, 7) is 7.52. The number of hydrogen-bond donors (Lipinski definition) is 1. The van der Waals surface area contributed by atoms with E-state index >= 15 is 0 Å². The summed E-state index contributed by atoms with van der Waals surface area (Å²) < 4.78 is 0. The van der Waals surface area contributed by atoms with Crippen LogP contribution < -0.4 is 10.2 Å². The van der Waals surface area contributed by atoms with Gasteiger partial charge < -0.3 is 10.2 Å². The van der Waals surface area contributed by atoms with Crippen LogP contribution in [0.2, 0.25) is 5.15 Å². The molecule has 4 nitrogen and oxygen atoms in total. The molecule has 1 atom stereocenters. The van der Waals surface area contributed by atoms with E-state index < -0.39 is 0 Å². The molecule has 0 aromatic carbocycles. The zero-order chi connectivity index (χ0) is 13.0. The van der Waals surface area contributed by atoms with Gasteiger partial charge in [-0.2, -0.15) is 0 Å². The first-order valence-electron chi connectivity index (χ1n) is 6.61. The van der Waals surface area contributed by atoms with Crippen LogP contribution in [0.1, 0.15) is 26.7 Å². The smallest absolute Gasteiger partial charge is 0.149 e. The van der Waals surface area contributed by atoms with Crippen molar-refractivity contribution in [3.63, 3.8) is 0 Å². The summed E-state index contributed by atoms with van der Waals surface area (Å²) >= 11 is 5.93. The lowest BCUT2D eigenvalue weighted by Gasteiger charge is -2.28. The molecule has 0 spiro atoms. The van der Waals surface area contributed by atoms with Gasteiger partial charge in [-0.25, -0.2) is 4.98 Å². The van der Waals surface area contributed by atoms with Crippen molar-refractivity contribution in [1.82, 2.24) is 15.3 Å². The van der Waals surface area contributed by atoms with Crippen LogP contribution in [0.15, 0.2) is 12.4 Å². The van der Waals surface area contributed by atoms with E-state index in [1.807, 2.05) is 0 Å². The maximum Gasteiger partial charge on any atom is 0.149 e. The van der Waals surface area contributed by atoms with E-state index in [0.717, 1.165) is 25.5 Å². The summed E-state index contributed by atoms with van der Waals surface area (Å²) in [6.07, 6.45) is 5.87. The summed E-state index contributed by atoms with van der Waals surface area (Å²) in [4.78, 5) is 10.8. The lowest BCUT2D eigenvalue weighted by Crippen LogP contribution is -2.40. The third-order valence-corrected chi connectivity index (χ3v) is 3.29. The van der Waals surface area contributed by atoms with Crippen LogP contribution in [0.4, 0.5) is 5.82 Å². The number of rotatable bonds is 5. The SMILES string of the molecule is CC(C)CN(CC1CCCN1)c1cncc(Cl)n1. The molecule has 0 bridgehead atoms. The summed E-state index contributed by atoms with van der Waals surface area (Å²) in [5.74, 6) is 1.47. The molecule has 1 aromatic heterocycles. The van der Waals surface area contributed by atoms with Crippen LogP contribution in [0.25, 0.3) is 0 Å². The largest absolute Gasteiger partial charge is 0.353 e. The Morgan fingerprint density at radius 1 is 1.50 bits per heavy atom. The van der Waals surface area contributed by atoms with Gasteiger partial charge in [0.1, 0.15) is 11.0 Å². The second kappa shape index (κ2) is 6.34. The molecular weight excluding hydrogens is 248 g/mol. The van der Waals surface area contributed by atoms with Gasteiger partial charge in [-0.15, -0.1) is 0 Å². The van der Waals surface area contributed by atoms with Crippen LogP contribution in [-0.2, 0) is 0 Å². The lowest BCUT2D eigenvalue weighted by atomic mass is 10.1. The highest BCUT2D eigenvalue weighted by Crippen LogP contribution is 2.17. The highest BCUT2D eigenvalue weighted by molar-refractivity contribution is 6.29. The average Bonchev–Trinajstić information content (AvgIpc) is 2.80. The van der Waals surface area contributed by atoms with Gasteiger partial charge in [0.2, 0.25) is 0 Å². The van der Waals surface area contributed by atoms with E-state index in [-0.39, 0.29) is 0 Å². The number of hydrogen-bond acceptors (Lipinski definition) is 4. The molecule has 2 rings (SSSR count). The van der Waals surface area contributed by atoms with E-state index in [1.165, 1.54) is 12.8 Å². The Morgan fingerprint density at radius 3 is 2.94 bits per heavy atom. The second-order valence-electron chi connectivity index (χ2n) is 5.29. The van der Waals surface area contributed by atoms with Crippen LogP contribution in [0.5, 0.6) is 0 Å². The van der Waals surface area contributed by atoms with Crippen molar-refractivity contribution in [2.24, 2.45) is 5.92 Å². The number of nitrogens with zero attached hydrogens (tertiary/aromatic N) is 3. The quantitative estimate of drug-likeness (QED) is 0.890. The molecule has 1 aliphatic rings. The molecule has 0 saturated carbocycles. The van der Waals surface area contributed by atoms with Gasteiger partial charge in [0.15, 0.2) is 0 Å². The Kier molecular flexibility index (Phi) is 4.78. The highest BCUT2D eigenvalue weighted by Gasteiger charge is 2.19. The van der Waals surface area contributed by atoms with Gasteiger partial charge in [0, 0.05) is 19.1 Å². The molecule has 1 saturated heterocycles. The van der Waals surface area contributed by atoms with Crippen molar-refractivity contribution >= 4 is 17.4 Å². The number of aromatic nitrogens is 2. The Hall–Kier alpha value is -0.870. The number of anilines is 1.